The van der Waals surface area contributed by atoms with E-state index >= 15 is 0 Å². The van der Waals surface area contributed by atoms with Gasteiger partial charge in [0.15, 0.2) is 12.4 Å². The van der Waals surface area contributed by atoms with Crippen LogP contribution in [0.3, 0.4) is 0 Å². The van der Waals surface area contributed by atoms with Crippen molar-refractivity contribution >= 4 is 46.0 Å². The lowest BCUT2D eigenvalue weighted by atomic mass is 10.3. The first-order valence-electron chi connectivity index (χ1n) is 10.0. The zero-order chi connectivity index (χ0) is 21.5. The van der Waals surface area contributed by atoms with Crippen LogP contribution in [0.2, 0.25) is 5.02 Å². The molecule has 0 bridgehead atoms. The van der Waals surface area contributed by atoms with Gasteiger partial charge in [-0.3, -0.25) is 4.79 Å². The van der Waals surface area contributed by atoms with Crippen LogP contribution in [-0.2, 0) is 4.79 Å². The Balaban J connectivity index is 1.85. The average molecular weight is 445 g/mol. The number of hydrogen-bond donors (Lipinski definition) is 0. The first-order chi connectivity index (χ1) is 15.2. The predicted octanol–water partition coefficient (Wildman–Crippen LogP) is 5.08. The maximum absolute atomic E-state index is 13.3. The number of halogens is 1. The van der Waals surface area contributed by atoms with Crippen LogP contribution in [0, 0.1) is 0 Å². The van der Waals surface area contributed by atoms with E-state index < -0.39 is 6.89 Å². The molecular weight excluding hydrogens is 423 g/mol. The van der Waals surface area contributed by atoms with Gasteiger partial charge in [0.25, 0.3) is 0 Å². The van der Waals surface area contributed by atoms with Crippen LogP contribution in [0.5, 0.6) is 5.75 Å². The molecule has 0 N–H and O–H groups in total. The Labute approximate surface area is 188 Å². The summed E-state index contributed by atoms with van der Waals surface area (Å²) >= 11 is 6.19. The van der Waals surface area contributed by atoms with Gasteiger partial charge in [-0.2, -0.15) is 0 Å². The number of Topliss-reactive ketones (excluding diaryl/α,β-unsaturated/α-hetero) is 1. The molecule has 0 aliphatic heterocycles. The van der Waals surface area contributed by atoms with Crippen LogP contribution in [0.1, 0.15) is 0 Å². The molecule has 0 aromatic heterocycles. The Hall–Kier alpha value is -3.06. The van der Waals surface area contributed by atoms with Crippen LogP contribution >= 0.6 is 18.5 Å². The van der Waals surface area contributed by atoms with Gasteiger partial charge in [-0.1, -0.05) is 115 Å². The number of benzene rings is 4. The minimum absolute atomic E-state index is 0.0714. The normalized spacial score (nSPS) is 11.0. The molecule has 154 valence electrons. The molecule has 0 saturated heterocycles. The van der Waals surface area contributed by atoms with E-state index in [4.69, 9.17) is 16.3 Å². The lowest BCUT2D eigenvalue weighted by Crippen LogP contribution is -2.29. The molecule has 0 spiro atoms. The Morgan fingerprint density at radius 2 is 1.10 bits per heavy atom. The second kappa shape index (κ2) is 9.83. The van der Waals surface area contributed by atoms with Crippen LogP contribution in [0.15, 0.2) is 115 Å². The van der Waals surface area contributed by atoms with Crippen LogP contribution in [0.4, 0.5) is 0 Å². The standard InChI is InChI=1S/C27H22ClO2P/c28-26-18-10-11-19-27(26)30-20-22(29)21-31(23-12-4-1-5-13-23,24-14-6-2-7-15-24)25-16-8-3-9-17-25/h1-19,21H,20H2. The maximum Gasteiger partial charge on any atom is 0.194 e. The van der Waals surface area contributed by atoms with Gasteiger partial charge in [0.2, 0.25) is 0 Å². The van der Waals surface area contributed by atoms with Crippen molar-refractivity contribution in [3.63, 3.8) is 0 Å². The van der Waals surface area contributed by atoms with Crippen molar-refractivity contribution in [2.24, 2.45) is 0 Å². The number of para-hydroxylation sites is 1. The second-order valence-corrected chi connectivity index (χ2v) is 10.7. The summed E-state index contributed by atoms with van der Waals surface area (Å²) in [5, 5.41) is 3.86. The molecule has 0 atom stereocenters. The third kappa shape index (κ3) is 4.66. The number of carbonyl (C=O) groups is 1. The summed E-state index contributed by atoms with van der Waals surface area (Å²) in [6.45, 7) is -2.40. The van der Waals surface area contributed by atoms with Gasteiger partial charge < -0.3 is 4.74 Å². The largest absolute Gasteiger partial charge is 0.484 e. The molecule has 0 amide bonds. The first-order valence-corrected chi connectivity index (χ1v) is 12.3. The molecule has 0 aliphatic rings. The van der Waals surface area contributed by atoms with E-state index in [-0.39, 0.29) is 12.4 Å². The van der Waals surface area contributed by atoms with Crippen LogP contribution in [-0.4, -0.2) is 18.2 Å². The van der Waals surface area contributed by atoms with Gasteiger partial charge in [0.05, 0.1) is 5.02 Å². The van der Waals surface area contributed by atoms with Crippen molar-refractivity contribution < 1.29 is 9.53 Å². The molecule has 31 heavy (non-hydrogen) atoms. The quantitative estimate of drug-likeness (QED) is 0.371. The molecule has 4 heteroatoms. The topological polar surface area (TPSA) is 26.3 Å². The van der Waals surface area contributed by atoms with Gasteiger partial charge in [-0.05, 0) is 40.7 Å². The molecule has 0 unspecified atom stereocenters. The van der Waals surface area contributed by atoms with E-state index in [1.807, 2.05) is 72.5 Å². The van der Waals surface area contributed by atoms with Crippen molar-refractivity contribution in [1.82, 2.24) is 0 Å². The summed E-state index contributed by atoms with van der Waals surface area (Å²) in [6, 6.07) is 37.9. The van der Waals surface area contributed by atoms with Gasteiger partial charge in [0, 0.05) is 0 Å². The minimum Gasteiger partial charge on any atom is -0.484 e. The highest BCUT2D eigenvalue weighted by molar-refractivity contribution is 7.95. The Morgan fingerprint density at radius 3 is 1.55 bits per heavy atom. The fourth-order valence-corrected chi connectivity index (χ4v) is 7.59. The predicted molar refractivity (Wildman–Crippen MR) is 133 cm³/mol. The number of ketones is 1. The molecule has 4 aromatic rings. The first kappa shape index (κ1) is 21.2. The van der Waals surface area contributed by atoms with Crippen LogP contribution < -0.4 is 20.7 Å². The third-order valence-electron chi connectivity index (χ3n) is 5.03. The highest BCUT2D eigenvalue weighted by atomic mass is 35.5. The highest BCUT2D eigenvalue weighted by Gasteiger charge is 2.26. The number of ether oxygens (including phenoxy) is 1. The SMILES string of the molecule is O=C(C=P(c1ccccc1)(c1ccccc1)c1ccccc1)COc1ccccc1Cl. The molecule has 2 nitrogen and oxygen atoms in total. The summed E-state index contributed by atoms with van der Waals surface area (Å²) in [5.41, 5.74) is 0. The molecule has 4 aromatic carbocycles. The van der Waals surface area contributed by atoms with Crippen molar-refractivity contribution in [2.45, 2.75) is 0 Å². The van der Waals surface area contributed by atoms with E-state index in [1.165, 1.54) is 0 Å². The molecule has 0 radical (unpaired) electrons. The van der Waals surface area contributed by atoms with Crippen molar-refractivity contribution in [1.29, 1.82) is 0 Å². The maximum atomic E-state index is 13.3. The number of carbonyl (C=O) groups excluding carboxylic acids is 1. The monoisotopic (exact) mass is 444 g/mol. The summed E-state index contributed by atoms with van der Waals surface area (Å²) in [4.78, 5) is 13.3. The second-order valence-electron chi connectivity index (χ2n) is 7.04. The summed E-state index contributed by atoms with van der Waals surface area (Å²) in [6.07, 6.45) is 0. The zero-order valence-electron chi connectivity index (χ0n) is 16.9. The lowest BCUT2D eigenvalue weighted by Gasteiger charge is -2.28. The van der Waals surface area contributed by atoms with Crippen molar-refractivity contribution in [3.8, 4) is 5.75 Å². The average Bonchev–Trinajstić information content (AvgIpc) is 2.84. The summed E-state index contributed by atoms with van der Waals surface area (Å²) in [7, 11) is 0. The van der Waals surface area contributed by atoms with Crippen molar-refractivity contribution in [3.05, 3.63) is 120 Å². The Morgan fingerprint density at radius 1 is 0.677 bits per heavy atom. The third-order valence-corrected chi connectivity index (χ3v) is 9.36. The fraction of sp³-hybridized carbons (Fsp3) is 0.0370. The van der Waals surface area contributed by atoms with Gasteiger partial charge in [-0.25, -0.2) is 0 Å². The van der Waals surface area contributed by atoms with Crippen LogP contribution in [0.25, 0.3) is 0 Å². The molecular formula is C27H22ClO2P. The highest BCUT2D eigenvalue weighted by Crippen LogP contribution is 2.43. The van der Waals surface area contributed by atoms with E-state index in [0.29, 0.717) is 10.8 Å². The van der Waals surface area contributed by atoms with Gasteiger partial charge in [-0.15, -0.1) is 0 Å². The van der Waals surface area contributed by atoms with E-state index in [0.717, 1.165) is 15.9 Å². The number of rotatable bonds is 7. The van der Waals surface area contributed by atoms with Gasteiger partial charge in [0.1, 0.15) is 5.75 Å². The fourth-order valence-electron chi connectivity index (χ4n) is 3.62. The molecule has 0 aliphatic carbocycles. The van der Waals surface area contributed by atoms with Gasteiger partial charge >= 0.3 is 0 Å². The molecule has 0 saturated carbocycles. The zero-order valence-corrected chi connectivity index (χ0v) is 18.5. The van der Waals surface area contributed by atoms with E-state index in [1.54, 1.807) is 12.1 Å². The Kier molecular flexibility index (Phi) is 6.72. The summed E-state index contributed by atoms with van der Waals surface area (Å²) < 4.78 is 5.76. The molecule has 0 heterocycles. The number of hydrogen-bond acceptors (Lipinski definition) is 2. The smallest absolute Gasteiger partial charge is 0.194 e. The minimum atomic E-state index is -2.33. The van der Waals surface area contributed by atoms with E-state index in [9.17, 15) is 4.79 Å². The molecule has 0 fully saturated rings. The molecule has 4 rings (SSSR count). The Bertz CT molecular complexity index is 1100. The van der Waals surface area contributed by atoms with E-state index in [2.05, 4.69) is 36.4 Å². The summed E-state index contributed by atoms with van der Waals surface area (Å²) in [5.74, 6) is 2.31. The van der Waals surface area contributed by atoms with Crippen molar-refractivity contribution in [2.75, 3.05) is 6.61 Å². The lowest BCUT2D eigenvalue weighted by molar-refractivity contribution is -0.114.